The molecule has 4 N–H and O–H groups in total. The minimum Gasteiger partial charge on any atom is -0.506 e. The van der Waals surface area contributed by atoms with Gasteiger partial charge in [-0.05, 0) is 99.5 Å². The van der Waals surface area contributed by atoms with Crippen LogP contribution >= 0.6 is 46.4 Å². The van der Waals surface area contributed by atoms with E-state index in [1.807, 2.05) is 146 Å². The molecule has 0 radical (unpaired) electrons. The molecule has 0 bridgehead atoms. The molecule has 8 aromatic carbocycles. The van der Waals surface area contributed by atoms with E-state index in [-0.39, 0.29) is 43.1 Å². The summed E-state index contributed by atoms with van der Waals surface area (Å²) in [7, 11) is 0. The number of hydrogen-bond acceptors (Lipinski definition) is 4. The van der Waals surface area contributed by atoms with E-state index >= 15 is 0 Å². The Hall–Kier alpha value is -5.88. The number of rotatable bonds is 10. The third kappa shape index (κ3) is 8.23. The molecule has 0 atom stereocenters. The van der Waals surface area contributed by atoms with Crippen molar-refractivity contribution in [3.63, 3.8) is 0 Å². The van der Waals surface area contributed by atoms with Crippen molar-refractivity contribution >= 4 is 46.4 Å². The van der Waals surface area contributed by atoms with Gasteiger partial charge in [-0.3, -0.25) is 0 Å². The topological polar surface area (TPSA) is 80.9 Å². The Balaban J connectivity index is 1.41. The molecule has 0 aromatic heterocycles. The van der Waals surface area contributed by atoms with Crippen molar-refractivity contribution in [1.29, 1.82) is 0 Å². The lowest BCUT2D eigenvalue weighted by Crippen LogP contribution is -2.11. The largest absolute Gasteiger partial charge is 0.506 e. The third-order valence-electron chi connectivity index (χ3n) is 10.8. The Morgan fingerprint density at radius 2 is 0.508 bits per heavy atom. The van der Waals surface area contributed by atoms with E-state index in [0.717, 1.165) is 44.5 Å². The van der Waals surface area contributed by atoms with E-state index in [2.05, 4.69) is 0 Å². The first-order valence-electron chi connectivity index (χ1n) is 18.9. The molecular weight excluding hydrogens is 818 g/mol. The lowest BCUT2D eigenvalue weighted by molar-refractivity contribution is 0.476. The highest BCUT2D eigenvalue weighted by atomic mass is 35.5. The zero-order valence-corrected chi connectivity index (χ0v) is 34.4. The zero-order valence-electron chi connectivity index (χ0n) is 31.3. The smallest absolute Gasteiger partial charge is 0.142 e. The second kappa shape index (κ2) is 17.1. The first kappa shape index (κ1) is 39.9. The van der Waals surface area contributed by atoms with Gasteiger partial charge < -0.3 is 20.4 Å². The van der Waals surface area contributed by atoms with Gasteiger partial charge >= 0.3 is 0 Å². The monoisotopic (exact) mass is 852 g/mol. The normalized spacial score (nSPS) is 11.4. The van der Waals surface area contributed by atoms with Crippen LogP contribution in [-0.4, -0.2) is 20.4 Å². The number of hydrogen-bond donors (Lipinski definition) is 4. The van der Waals surface area contributed by atoms with Crippen LogP contribution in [-0.2, 0) is 0 Å². The second-order valence-corrected chi connectivity index (χ2v) is 16.0. The maximum atomic E-state index is 11.4. The molecular formula is C51H36Cl4O4. The highest BCUT2D eigenvalue weighted by Crippen LogP contribution is 2.50. The number of phenolic OH excluding ortho intramolecular Hbond substituents is 4. The van der Waals surface area contributed by atoms with Crippen LogP contribution in [0.5, 0.6) is 23.0 Å². The molecule has 0 heterocycles. The average molecular weight is 855 g/mol. The summed E-state index contributed by atoms with van der Waals surface area (Å²) in [4.78, 5) is 0. The maximum Gasteiger partial charge on any atom is 0.142 e. The molecule has 0 unspecified atom stereocenters. The Morgan fingerprint density at radius 3 is 0.712 bits per heavy atom. The second-order valence-electron chi connectivity index (χ2n) is 14.4. The van der Waals surface area contributed by atoms with Crippen LogP contribution < -0.4 is 0 Å². The highest BCUT2D eigenvalue weighted by Gasteiger charge is 2.29. The molecule has 0 amide bonds. The molecule has 0 saturated carbocycles. The molecule has 0 aliphatic rings. The fourth-order valence-corrected chi connectivity index (χ4v) is 8.71. The SMILES string of the molecule is Oc1c(Cl)cc(C(CC(c2cc(Cl)c(O)c(-c3ccccc3)c2)c2cc(Cl)c(O)c(-c3ccccc3)c2)c2cc(Cl)c(O)c(-c3ccccc3)c2)cc1-c1ccccc1. The summed E-state index contributed by atoms with van der Waals surface area (Å²) >= 11 is 27.6. The predicted octanol–water partition coefficient (Wildman–Crippen LogP) is 15.1. The number of phenols is 4. The lowest BCUT2D eigenvalue weighted by atomic mass is 9.76. The highest BCUT2D eigenvalue weighted by molar-refractivity contribution is 6.34. The maximum absolute atomic E-state index is 11.4. The number of aromatic hydroxyl groups is 4. The van der Waals surface area contributed by atoms with E-state index < -0.39 is 11.8 Å². The Bertz CT molecular complexity index is 2400. The molecule has 0 spiro atoms. The van der Waals surface area contributed by atoms with Gasteiger partial charge in [-0.15, -0.1) is 0 Å². The van der Waals surface area contributed by atoms with Crippen LogP contribution in [0.15, 0.2) is 170 Å². The Labute approximate surface area is 362 Å². The molecule has 0 aliphatic carbocycles. The van der Waals surface area contributed by atoms with Crippen LogP contribution in [0.4, 0.5) is 0 Å². The molecule has 292 valence electrons. The van der Waals surface area contributed by atoms with Crippen LogP contribution in [0.25, 0.3) is 44.5 Å². The van der Waals surface area contributed by atoms with Crippen molar-refractivity contribution in [1.82, 2.24) is 0 Å². The summed E-state index contributed by atoms with van der Waals surface area (Å²) in [5.74, 6) is -1.21. The van der Waals surface area contributed by atoms with Crippen molar-refractivity contribution < 1.29 is 20.4 Å². The molecule has 0 saturated heterocycles. The Kier molecular flexibility index (Phi) is 11.6. The molecule has 8 aromatic rings. The summed E-state index contributed by atoms with van der Waals surface area (Å²) in [6.07, 6.45) is 0.343. The zero-order chi connectivity index (χ0) is 41.2. The van der Waals surface area contributed by atoms with Gasteiger partial charge in [0.25, 0.3) is 0 Å². The van der Waals surface area contributed by atoms with Crippen LogP contribution in [0.1, 0.15) is 40.5 Å². The molecule has 4 nitrogen and oxygen atoms in total. The molecule has 8 rings (SSSR count). The van der Waals surface area contributed by atoms with E-state index in [4.69, 9.17) is 46.4 Å². The van der Waals surface area contributed by atoms with Gasteiger partial charge in [0.2, 0.25) is 0 Å². The van der Waals surface area contributed by atoms with Crippen LogP contribution in [0, 0.1) is 0 Å². The van der Waals surface area contributed by atoms with Crippen molar-refractivity contribution in [2.24, 2.45) is 0 Å². The van der Waals surface area contributed by atoms with Gasteiger partial charge in [-0.25, -0.2) is 0 Å². The van der Waals surface area contributed by atoms with Crippen LogP contribution in [0.2, 0.25) is 20.1 Å². The number of halogens is 4. The molecule has 8 heteroatoms. The standard InChI is InChI=1S/C51H36Cl4O4/c52-44-25-34(21-40(48(44)56)30-13-5-1-6-14-30)38(35-22-41(49(57)45(53)26-35)31-15-7-2-8-16-31)29-39(36-23-42(50(58)46(54)27-36)32-17-9-3-10-18-32)37-24-43(51(59)47(55)28-37)33-19-11-4-12-20-33/h1-28,38-39,56-59H,29H2. The summed E-state index contributed by atoms with van der Waals surface area (Å²) in [6, 6.07) is 52.8. The summed E-state index contributed by atoms with van der Waals surface area (Å²) < 4.78 is 0. The van der Waals surface area contributed by atoms with E-state index in [0.29, 0.717) is 28.7 Å². The van der Waals surface area contributed by atoms with E-state index in [1.165, 1.54) is 0 Å². The van der Waals surface area contributed by atoms with Crippen LogP contribution in [0.3, 0.4) is 0 Å². The first-order chi connectivity index (χ1) is 28.6. The summed E-state index contributed by atoms with van der Waals surface area (Å²) in [5.41, 5.74) is 8.31. The minimum absolute atomic E-state index is 0.0544. The van der Waals surface area contributed by atoms with E-state index in [9.17, 15) is 20.4 Å². The average Bonchev–Trinajstić information content (AvgIpc) is 3.26. The summed E-state index contributed by atoms with van der Waals surface area (Å²) in [6.45, 7) is 0. The third-order valence-corrected chi connectivity index (χ3v) is 11.9. The molecule has 0 aliphatic heterocycles. The van der Waals surface area contributed by atoms with Crippen molar-refractivity contribution in [3.8, 4) is 67.5 Å². The predicted molar refractivity (Wildman–Crippen MR) is 243 cm³/mol. The lowest BCUT2D eigenvalue weighted by Gasteiger charge is -2.28. The van der Waals surface area contributed by atoms with Gasteiger partial charge in [0.15, 0.2) is 0 Å². The fourth-order valence-electron chi connectivity index (χ4n) is 7.80. The van der Waals surface area contributed by atoms with Gasteiger partial charge in [-0.2, -0.15) is 0 Å². The number of benzene rings is 8. The molecule has 0 fully saturated rings. The van der Waals surface area contributed by atoms with Gasteiger partial charge in [0, 0.05) is 34.1 Å². The Morgan fingerprint density at radius 1 is 0.305 bits per heavy atom. The fraction of sp³-hybridized carbons (Fsp3) is 0.0588. The molecule has 59 heavy (non-hydrogen) atoms. The summed E-state index contributed by atoms with van der Waals surface area (Å²) in [5, 5.41) is 46.1. The van der Waals surface area contributed by atoms with Gasteiger partial charge in [0.05, 0.1) is 20.1 Å². The van der Waals surface area contributed by atoms with E-state index in [1.54, 1.807) is 24.3 Å². The quantitative estimate of drug-likeness (QED) is 0.110. The minimum atomic E-state index is -0.498. The van der Waals surface area contributed by atoms with Crippen molar-refractivity contribution in [2.45, 2.75) is 18.3 Å². The van der Waals surface area contributed by atoms with Crippen molar-refractivity contribution in [3.05, 3.63) is 212 Å². The first-order valence-corrected chi connectivity index (χ1v) is 20.4. The van der Waals surface area contributed by atoms with Crippen molar-refractivity contribution in [2.75, 3.05) is 0 Å². The van der Waals surface area contributed by atoms with Gasteiger partial charge in [0.1, 0.15) is 23.0 Å². The van der Waals surface area contributed by atoms with Gasteiger partial charge in [-0.1, -0.05) is 168 Å².